The summed E-state index contributed by atoms with van der Waals surface area (Å²) in [5.74, 6) is 1.38. The largest absolute Gasteiger partial charge is 0.508 e. The Kier molecular flexibility index (Phi) is 8.63. The van der Waals surface area contributed by atoms with Gasteiger partial charge in [0.2, 0.25) is 0 Å². The van der Waals surface area contributed by atoms with Crippen molar-refractivity contribution in [3.8, 4) is 0 Å². The molecule has 0 radical (unpaired) electrons. The smallest absolute Gasteiger partial charge is 0.434 e. The average molecular weight is 271 g/mol. The molecule has 1 N–H and O–H groups in total. The highest BCUT2D eigenvalue weighted by Gasteiger charge is 2.19. The van der Waals surface area contributed by atoms with Crippen molar-refractivity contribution in [3.63, 3.8) is 0 Å². The van der Waals surface area contributed by atoms with Crippen LogP contribution in [-0.4, -0.2) is 33.0 Å². The minimum Gasteiger partial charge on any atom is -0.434 e. The van der Waals surface area contributed by atoms with E-state index in [2.05, 4.69) is 12.2 Å². The van der Waals surface area contributed by atoms with Crippen molar-refractivity contribution in [2.24, 2.45) is 11.8 Å². The zero-order chi connectivity index (χ0) is 13.9. The highest BCUT2D eigenvalue weighted by atomic mass is 16.7. The molecule has 4 nitrogen and oxygen atoms in total. The van der Waals surface area contributed by atoms with Crippen molar-refractivity contribution >= 4 is 6.16 Å². The van der Waals surface area contributed by atoms with E-state index in [1.807, 2.05) is 7.05 Å². The number of unbranched alkanes of at least 4 members (excludes halogenated alkanes) is 2. The summed E-state index contributed by atoms with van der Waals surface area (Å²) in [6.07, 6.45) is 7.49. The predicted octanol–water partition coefficient (Wildman–Crippen LogP) is 3.36. The lowest BCUT2D eigenvalue weighted by Crippen LogP contribution is -2.20. The van der Waals surface area contributed by atoms with Crippen LogP contribution < -0.4 is 5.32 Å². The van der Waals surface area contributed by atoms with E-state index in [0.29, 0.717) is 19.1 Å². The molecule has 1 saturated carbocycles. The van der Waals surface area contributed by atoms with Crippen molar-refractivity contribution in [2.75, 3.05) is 26.8 Å². The summed E-state index contributed by atoms with van der Waals surface area (Å²) in [5.41, 5.74) is 0. The number of hydrogen-bond donors (Lipinski definition) is 1. The molecule has 0 amide bonds. The van der Waals surface area contributed by atoms with Crippen molar-refractivity contribution in [3.05, 3.63) is 0 Å². The number of carbonyl (C=O) groups excluding carboxylic acids is 1. The Morgan fingerprint density at radius 3 is 2.53 bits per heavy atom. The minimum atomic E-state index is -0.493. The minimum absolute atomic E-state index is 0.476. The van der Waals surface area contributed by atoms with Gasteiger partial charge >= 0.3 is 6.16 Å². The molecular formula is C15H29NO3. The first-order chi connectivity index (χ1) is 9.22. The number of rotatable bonds is 8. The molecule has 0 saturated heterocycles. The molecule has 0 bridgehead atoms. The molecule has 0 aromatic heterocycles. The van der Waals surface area contributed by atoms with Crippen LogP contribution in [0.1, 0.15) is 51.9 Å². The van der Waals surface area contributed by atoms with Gasteiger partial charge in [-0.3, -0.25) is 0 Å². The Morgan fingerprint density at radius 1 is 1.11 bits per heavy atom. The Hall–Kier alpha value is -0.770. The molecule has 1 rings (SSSR count). The van der Waals surface area contributed by atoms with Gasteiger partial charge in [-0.2, -0.15) is 0 Å². The third-order valence-corrected chi connectivity index (χ3v) is 3.86. The van der Waals surface area contributed by atoms with Gasteiger partial charge < -0.3 is 14.8 Å². The van der Waals surface area contributed by atoms with Crippen molar-refractivity contribution in [2.45, 2.75) is 51.9 Å². The molecule has 0 aliphatic heterocycles. The molecule has 0 unspecified atom stereocenters. The van der Waals surface area contributed by atoms with E-state index in [0.717, 1.165) is 31.7 Å². The number of nitrogens with one attached hydrogen (secondary N) is 1. The fourth-order valence-electron chi connectivity index (χ4n) is 2.46. The van der Waals surface area contributed by atoms with E-state index in [4.69, 9.17) is 9.47 Å². The second kappa shape index (κ2) is 10.1. The van der Waals surface area contributed by atoms with Crippen LogP contribution in [0.25, 0.3) is 0 Å². The second-order valence-corrected chi connectivity index (χ2v) is 5.70. The topological polar surface area (TPSA) is 47.6 Å². The van der Waals surface area contributed by atoms with Gasteiger partial charge in [-0.15, -0.1) is 0 Å². The molecule has 0 aromatic carbocycles. The SMILES string of the molecule is CNCCCCCOC(=O)OCC1CCC(C)CC1. The summed E-state index contributed by atoms with van der Waals surface area (Å²) in [7, 11) is 1.94. The lowest BCUT2D eigenvalue weighted by Gasteiger charge is -2.25. The lowest BCUT2D eigenvalue weighted by molar-refractivity contribution is 0.0370. The fourth-order valence-corrected chi connectivity index (χ4v) is 2.46. The summed E-state index contributed by atoms with van der Waals surface area (Å²) in [4.78, 5) is 11.4. The van der Waals surface area contributed by atoms with Gasteiger partial charge in [0.1, 0.15) is 0 Å². The summed E-state index contributed by atoms with van der Waals surface area (Å²) >= 11 is 0. The Labute approximate surface area is 117 Å². The molecule has 0 atom stereocenters. The van der Waals surface area contributed by atoms with E-state index in [1.165, 1.54) is 25.7 Å². The summed E-state index contributed by atoms with van der Waals surface area (Å²) in [5, 5.41) is 3.09. The molecule has 4 heteroatoms. The maximum absolute atomic E-state index is 11.4. The molecule has 1 aliphatic rings. The number of ether oxygens (including phenoxy) is 2. The van der Waals surface area contributed by atoms with E-state index < -0.39 is 6.16 Å². The zero-order valence-corrected chi connectivity index (χ0v) is 12.5. The first-order valence-corrected chi connectivity index (χ1v) is 7.66. The van der Waals surface area contributed by atoms with Crippen LogP contribution in [0.15, 0.2) is 0 Å². The van der Waals surface area contributed by atoms with Gasteiger partial charge in [-0.1, -0.05) is 19.8 Å². The molecule has 1 fully saturated rings. The Balaban J connectivity index is 1.93. The Morgan fingerprint density at radius 2 is 1.84 bits per heavy atom. The van der Waals surface area contributed by atoms with E-state index in [9.17, 15) is 4.79 Å². The molecule has 0 aromatic rings. The van der Waals surface area contributed by atoms with Gasteiger partial charge in [0.15, 0.2) is 0 Å². The Bertz CT molecular complexity index is 238. The molecular weight excluding hydrogens is 242 g/mol. The molecule has 0 heterocycles. The first kappa shape index (κ1) is 16.3. The summed E-state index contributed by atoms with van der Waals surface area (Å²) in [6.45, 7) is 4.32. The maximum Gasteiger partial charge on any atom is 0.508 e. The number of hydrogen-bond acceptors (Lipinski definition) is 4. The third-order valence-electron chi connectivity index (χ3n) is 3.86. The van der Waals surface area contributed by atoms with Crippen molar-refractivity contribution in [1.29, 1.82) is 0 Å². The normalized spacial score (nSPS) is 23.1. The highest BCUT2D eigenvalue weighted by Crippen LogP contribution is 2.28. The monoisotopic (exact) mass is 271 g/mol. The predicted molar refractivity (Wildman–Crippen MR) is 76.2 cm³/mol. The molecule has 112 valence electrons. The van der Waals surface area contributed by atoms with E-state index in [-0.39, 0.29) is 0 Å². The highest BCUT2D eigenvalue weighted by molar-refractivity contribution is 5.59. The van der Waals surface area contributed by atoms with Gasteiger partial charge in [0.25, 0.3) is 0 Å². The second-order valence-electron chi connectivity index (χ2n) is 5.70. The van der Waals surface area contributed by atoms with Crippen LogP contribution in [0, 0.1) is 11.8 Å². The third kappa shape index (κ3) is 8.09. The summed E-state index contributed by atoms with van der Waals surface area (Å²) in [6, 6.07) is 0. The van der Waals surface area contributed by atoms with Gasteiger partial charge in [0.05, 0.1) is 13.2 Å². The average Bonchev–Trinajstić information content (AvgIpc) is 2.42. The van der Waals surface area contributed by atoms with Crippen LogP contribution in [0.5, 0.6) is 0 Å². The fraction of sp³-hybridized carbons (Fsp3) is 0.933. The molecule has 1 aliphatic carbocycles. The maximum atomic E-state index is 11.4. The van der Waals surface area contributed by atoms with Gasteiger partial charge in [-0.05, 0) is 57.5 Å². The van der Waals surface area contributed by atoms with E-state index in [1.54, 1.807) is 0 Å². The van der Waals surface area contributed by atoms with Crippen molar-refractivity contribution in [1.82, 2.24) is 5.32 Å². The molecule has 19 heavy (non-hydrogen) atoms. The van der Waals surface area contributed by atoms with Gasteiger partial charge in [-0.25, -0.2) is 4.79 Å². The first-order valence-electron chi connectivity index (χ1n) is 7.66. The van der Waals surface area contributed by atoms with Crippen LogP contribution in [-0.2, 0) is 9.47 Å². The number of carbonyl (C=O) groups is 1. The van der Waals surface area contributed by atoms with Crippen LogP contribution in [0.4, 0.5) is 4.79 Å². The van der Waals surface area contributed by atoms with Gasteiger partial charge in [0, 0.05) is 0 Å². The van der Waals surface area contributed by atoms with Crippen LogP contribution in [0.2, 0.25) is 0 Å². The van der Waals surface area contributed by atoms with Crippen LogP contribution in [0.3, 0.4) is 0 Å². The standard InChI is InChI=1S/C15H29NO3/c1-13-6-8-14(9-7-13)12-19-15(17)18-11-5-3-4-10-16-2/h13-14,16H,3-12H2,1-2H3. The quantitative estimate of drug-likeness (QED) is 0.543. The lowest BCUT2D eigenvalue weighted by atomic mass is 9.83. The van der Waals surface area contributed by atoms with Crippen LogP contribution >= 0.6 is 0 Å². The van der Waals surface area contributed by atoms with Crippen molar-refractivity contribution < 1.29 is 14.3 Å². The van der Waals surface area contributed by atoms with E-state index >= 15 is 0 Å². The molecule has 0 spiro atoms. The summed E-state index contributed by atoms with van der Waals surface area (Å²) < 4.78 is 10.2. The zero-order valence-electron chi connectivity index (χ0n) is 12.5.